The number of amides is 2. The predicted molar refractivity (Wildman–Crippen MR) is 78.6 cm³/mol. The Balaban J connectivity index is 1.67. The lowest BCUT2D eigenvalue weighted by molar-refractivity contribution is 0.173. The number of hydrogen-bond donors (Lipinski definition) is 3. The van der Waals surface area contributed by atoms with Crippen LogP contribution >= 0.6 is 11.3 Å². The van der Waals surface area contributed by atoms with Crippen molar-refractivity contribution in [1.29, 1.82) is 0 Å². The minimum atomic E-state index is -0.866. The lowest BCUT2D eigenvalue weighted by Crippen LogP contribution is -2.38. The number of carbonyl (C=O) groups is 1. The number of aromatic nitrogens is 1. The molecule has 1 unspecified atom stereocenters. The Bertz CT molecular complexity index is 560. The first-order chi connectivity index (χ1) is 10.1. The smallest absolute Gasteiger partial charge is 0.314 e. The fourth-order valence-electron chi connectivity index (χ4n) is 1.72. The molecule has 0 aliphatic carbocycles. The normalized spacial score (nSPS) is 11.9. The van der Waals surface area contributed by atoms with Gasteiger partial charge in [-0.25, -0.2) is 14.2 Å². The van der Waals surface area contributed by atoms with Crippen molar-refractivity contribution in [3.8, 4) is 0 Å². The van der Waals surface area contributed by atoms with Crippen molar-refractivity contribution in [3.63, 3.8) is 0 Å². The number of thiazole rings is 1. The third-order valence-electron chi connectivity index (χ3n) is 2.86. The second-order valence-electron chi connectivity index (χ2n) is 4.43. The Morgan fingerprint density at radius 3 is 2.76 bits per heavy atom. The fraction of sp³-hybridized carbons (Fsp3) is 0.286. The number of aliphatic hydroxyl groups is 1. The molecule has 2 aromatic rings. The predicted octanol–water partition coefficient (Wildman–Crippen LogP) is 1.86. The molecular weight excluding hydrogens is 293 g/mol. The zero-order valence-electron chi connectivity index (χ0n) is 11.3. The van der Waals surface area contributed by atoms with Crippen molar-refractivity contribution in [2.45, 2.75) is 12.5 Å². The van der Waals surface area contributed by atoms with Crippen molar-refractivity contribution in [2.24, 2.45) is 0 Å². The highest BCUT2D eigenvalue weighted by atomic mass is 32.1. The number of halogens is 1. The highest BCUT2D eigenvalue weighted by molar-refractivity contribution is 7.07. The molecule has 2 rings (SSSR count). The summed E-state index contributed by atoms with van der Waals surface area (Å²) in [6.45, 7) is 0.538. The van der Waals surface area contributed by atoms with E-state index in [-0.39, 0.29) is 18.4 Å². The second kappa shape index (κ2) is 7.70. The average Bonchev–Trinajstić information content (AvgIpc) is 2.99. The second-order valence-corrected chi connectivity index (χ2v) is 5.15. The van der Waals surface area contributed by atoms with E-state index < -0.39 is 6.10 Å². The lowest BCUT2D eigenvalue weighted by Gasteiger charge is -2.12. The molecule has 3 N–H and O–H groups in total. The molecule has 21 heavy (non-hydrogen) atoms. The zero-order chi connectivity index (χ0) is 15.1. The summed E-state index contributed by atoms with van der Waals surface area (Å²) in [5.74, 6) is -0.362. The van der Waals surface area contributed by atoms with Crippen LogP contribution in [-0.4, -0.2) is 29.2 Å². The molecule has 2 amide bonds. The van der Waals surface area contributed by atoms with Gasteiger partial charge in [0.25, 0.3) is 0 Å². The molecule has 0 bridgehead atoms. The quantitative estimate of drug-likeness (QED) is 0.762. The molecule has 0 fully saturated rings. The average molecular weight is 309 g/mol. The van der Waals surface area contributed by atoms with Crippen LogP contribution in [0.4, 0.5) is 9.18 Å². The maximum atomic E-state index is 12.8. The van der Waals surface area contributed by atoms with Crippen molar-refractivity contribution in [3.05, 3.63) is 52.2 Å². The number of carbonyl (C=O) groups excluding carboxylic acids is 1. The summed E-state index contributed by atoms with van der Waals surface area (Å²) >= 11 is 1.51. The van der Waals surface area contributed by atoms with E-state index in [2.05, 4.69) is 15.6 Å². The first kappa shape index (κ1) is 15.4. The van der Waals surface area contributed by atoms with Gasteiger partial charge in [-0.1, -0.05) is 12.1 Å². The molecule has 0 aliphatic heterocycles. The summed E-state index contributed by atoms with van der Waals surface area (Å²) in [6, 6.07) is 5.16. The lowest BCUT2D eigenvalue weighted by atomic mass is 10.1. The molecule has 7 heteroatoms. The van der Waals surface area contributed by atoms with E-state index in [0.717, 1.165) is 5.69 Å². The van der Waals surface area contributed by atoms with Crippen molar-refractivity contribution in [1.82, 2.24) is 15.6 Å². The highest BCUT2D eigenvalue weighted by Gasteiger charge is 2.09. The minimum absolute atomic E-state index is 0.0637. The highest BCUT2D eigenvalue weighted by Crippen LogP contribution is 2.12. The Labute approximate surface area is 125 Å². The van der Waals surface area contributed by atoms with Crippen molar-refractivity contribution in [2.75, 3.05) is 13.1 Å². The van der Waals surface area contributed by atoms with Gasteiger partial charge in [0.2, 0.25) is 0 Å². The maximum absolute atomic E-state index is 12.8. The maximum Gasteiger partial charge on any atom is 0.314 e. The van der Waals surface area contributed by atoms with Crippen LogP contribution in [0.3, 0.4) is 0 Å². The van der Waals surface area contributed by atoms with Crippen LogP contribution in [0, 0.1) is 5.82 Å². The van der Waals surface area contributed by atoms with E-state index in [0.29, 0.717) is 18.5 Å². The van der Waals surface area contributed by atoms with Crippen LogP contribution in [0.25, 0.3) is 0 Å². The van der Waals surface area contributed by atoms with Crippen molar-refractivity contribution < 1.29 is 14.3 Å². The summed E-state index contributed by atoms with van der Waals surface area (Å²) < 4.78 is 12.8. The van der Waals surface area contributed by atoms with Crippen LogP contribution in [0.1, 0.15) is 17.4 Å². The minimum Gasteiger partial charge on any atom is -0.387 e. The van der Waals surface area contributed by atoms with Gasteiger partial charge in [-0.3, -0.25) is 0 Å². The third kappa shape index (κ3) is 5.13. The Morgan fingerprint density at radius 2 is 2.10 bits per heavy atom. The van der Waals surface area contributed by atoms with Crippen molar-refractivity contribution >= 4 is 17.4 Å². The van der Waals surface area contributed by atoms with E-state index in [1.807, 2.05) is 5.38 Å². The van der Waals surface area contributed by atoms with Crippen LogP contribution in [0.5, 0.6) is 0 Å². The molecule has 0 saturated heterocycles. The Morgan fingerprint density at radius 1 is 1.33 bits per heavy atom. The Kier molecular flexibility index (Phi) is 5.65. The monoisotopic (exact) mass is 309 g/mol. The summed E-state index contributed by atoms with van der Waals surface area (Å²) in [4.78, 5) is 15.7. The molecule has 0 spiro atoms. The van der Waals surface area contributed by atoms with Gasteiger partial charge in [0.05, 0.1) is 17.3 Å². The van der Waals surface area contributed by atoms with Crippen LogP contribution in [0.2, 0.25) is 0 Å². The van der Waals surface area contributed by atoms with Gasteiger partial charge in [-0.15, -0.1) is 11.3 Å². The zero-order valence-corrected chi connectivity index (χ0v) is 12.1. The van der Waals surface area contributed by atoms with E-state index >= 15 is 0 Å². The third-order valence-corrected chi connectivity index (χ3v) is 3.50. The van der Waals surface area contributed by atoms with Gasteiger partial charge in [0.1, 0.15) is 5.82 Å². The summed E-state index contributed by atoms with van der Waals surface area (Å²) in [7, 11) is 0. The largest absolute Gasteiger partial charge is 0.387 e. The molecule has 1 atom stereocenters. The first-order valence-electron chi connectivity index (χ1n) is 6.47. The molecule has 112 valence electrons. The molecule has 1 aromatic heterocycles. The molecular formula is C14H16FN3O2S. The standard InChI is InChI=1S/C14H16FN3O2S/c15-11-3-1-10(2-4-11)13(19)7-17-14(20)16-6-5-12-8-21-9-18-12/h1-4,8-9,13,19H,5-7H2,(H2,16,17,20). The van der Waals surface area contributed by atoms with E-state index in [4.69, 9.17) is 0 Å². The Hall–Kier alpha value is -1.99. The fourth-order valence-corrected chi connectivity index (χ4v) is 2.31. The van der Waals surface area contributed by atoms with Crippen LogP contribution < -0.4 is 10.6 Å². The molecule has 0 radical (unpaired) electrons. The van der Waals surface area contributed by atoms with Crippen LogP contribution in [0.15, 0.2) is 35.2 Å². The summed E-state index contributed by atoms with van der Waals surface area (Å²) in [5, 5.41) is 17.0. The SMILES string of the molecule is O=C(NCCc1cscn1)NCC(O)c1ccc(F)cc1. The van der Waals surface area contributed by atoms with Crippen LogP contribution in [-0.2, 0) is 6.42 Å². The molecule has 1 heterocycles. The molecule has 0 aliphatic rings. The van der Waals surface area contributed by atoms with Gasteiger partial charge < -0.3 is 15.7 Å². The summed E-state index contributed by atoms with van der Waals surface area (Å²) in [5.41, 5.74) is 3.24. The first-order valence-corrected chi connectivity index (χ1v) is 7.41. The molecule has 1 aromatic carbocycles. The number of hydrogen-bond acceptors (Lipinski definition) is 4. The van der Waals surface area contributed by atoms with E-state index in [1.54, 1.807) is 5.51 Å². The van der Waals surface area contributed by atoms with Gasteiger partial charge in [-0.05, 0) is 17.7 Å². The number of benzene rings is 1. The molecule has 0 saturated carbocycles. The van der Waals surface area contributed by atoms with Gasteiger partial charge in [-0.2, -0.15) is 0 Å². The number of aliphatic hydroxyl groups excluding tert-OH is 1. The number of nitrogens with zero attached hydrogens (tertiary/aromatic N) is 1. The van der Waals surface area contributed by atoms with E-state index in [1.165, 1.54) is 35.6 Å². The van der Waals surface area contributed by atoms with E-state index in [9.17, 15) is 14.3 Å². The topological polar surface area (TPSA) is 74.2 Å². The van der Waals surface area contributed by atoms with Gasteiger partial charge in [0, 0.05) is 24.9 Å². The molecule has 5 nitrogen and oxygen atoms in total. The number of nitrogens with one attached hydrogen (secondary N) is 2. The van der Waals surface area contributed by atoms with Gasteiger partial charge >= 0.3 is 6.03 Å². The van der Waals surface area contributed by atoms with Gasteiger partial charge in [0.15, 0.2) is 0 Å². The number of urea groups is 1. The summed E-state index contributed by atoms with van der Waals surface area (Å²) in [6.07, 6.45) is -0.202. The number of rotatable bonds is 6.